The van der Waals surface area contributed by atoms with Crippen molar-refractivity contribution < 1.29 is 4.74 Å². The van der Waals surface area contributed by atoms with Gasteiger partial charge >= 0.3 is 0 Å². The molecule has 0 amide bonds. The summed E-state index contributed by atoms with van der Waals surface area (Å²) in [7, 11) is 0. The average Bonchev–Trinajstić information content (AvgIpc) is 2.33. The lowest BCUT2D eigenvalue weighted by Crippen LogP contribution is -2.05. The topological polar surface area (TPSA) is 48.1 Å². The molecule has 0 saturated heterocycles. The van der Waals surface area contributed by atoms with Gasteiger partial charge in [-0.2, -0.15) is 0 Å². The summed E-state index contributed by atoms with van der Waals surface area (Å²) in [5.41, 5.74) is 9.89. The van der Waals surface area contributed by atoms with Crippen LogP contribution < -0.4 is 10.5 Å². The molecule has 0 spiro atoms. The highest BCUT2D eigenvalue weighted by Crippen LogP contribution is 2.28. The number of rotatable bonds is 3. The summed E-state index contributed by atoms with van der Waals surface area (Å²) >= 11 is 3.47. The summed E-state index contributed by atoms with van der Waals surface area (Å²) < 4.78 is 6.95. The minimum Gasteiger partial charge on any atom is -0.439 e. The molecule has 0 aliphatic carbocycles. The SMILES string of the molecule is Cc1cc(C)c(CN)c(Oc2ccc(Br)c(C)c2)n1. The van der Waals surface area contributed by atoms with E-state index in [9.17, 15) is 0 Å². The van der Waals surface area contributed by atoms with Crippen LogP contribution in [0.25, 0.3) is 0 Å². The summed E-state index contributed by atoms with van der Waals surface area (Å²) in [5, 5.41) is 0. The minimum atomic E-state index is 0.421. The van der Waals surface area contributed by atoms with Crippen molar-refractivity contribution in [2.75, 3.05) is 0 Å². The number of hydrogen-bond acceptors (Lipinski definition) is 3. The number of ether oxygens (including phenoxy) is 1. The molecule has 0 bridgehead atoms. The zero-order valence-electron chi connectivity index (χ0n) is 11.3. The second kappa shape index (κ2) is 5.72. The maximum absolute atomic E-state index is 5.89. The van der Waals surface area contributed by atoms with Crippen LogP contribution in [0.15, 0.2) is 28.7 Å². The maximum Gasteiger partial charge on any atom is 0.224 e. The van der Waals surface area contributed by atoms with Gasteiger partial charge in [0.2, 0.25) is 5.88 Å². The Balaban J connectivity index is 2.39. The number of pyridine rings is 1. The highest BCUT2D eigenvalue weighted by atomic mass is 79.9. The predicted molar refractivity (Wildman–Crippen MR) is 80.6 cm³/mol. The van der Waals surface area contributed by atoms with Gasteiger partial charge in [-0.3, -0.25) is 0 Å². The summed E-state index contributed by atoms with van der Waals surface area (Å²) in [6.45, 7) is 6.42. The lowest BCUT2D eigenvalue weighted by atomic mass is 10.1. The smallest absolute Gasteiger partial charge is 0.224 e. The van der Waals surface area contributed by atoms with Crippen molar-refractivity contribution in [2.24, 2.45) is 5.73 Å². The second-order valence-corrected chi connectivity index (χ2v) is 5.44. The molecule has 0 aliphatic rings. The lowest BCUT2D eigenvalue weighted by molar-refractivity contribution is 0.454. The molecule has 3 nitrogen and oxygen atoms in total. The molecule has 2 aromatic rings. The van der Waals surface area contributed by atoms with E-state index in [0.29, 0.717) is 12.4 Å². The molecule has 19 heavy (non-hydrogen) atoms. The van der Waals surface area contributed by atoms with Gasteiger partial charge in [-0.25, -0.2) is 4.98 Å². The van der Waals surface area contributed by atoms with Gasteiger partial charge in [-0.05, 0) is 56.2 Å². The van der Waals surface area contributed by atoms with Gasteiger partial charge in [-0.15, -0.1) is 0 Å². The van der Waals surface area contributed by atoms with Gasteiger partial charge in [0.05, 0.1) is 0 Å². The van der Waals surface area contributed by atoms with E-state index in [1.807, 2.05) is 45.0 Å². The Morgan fingerprint density at radius 3 is 2.53 bits per heavy atom. The van der Waals surface area contributed by atoms with E-state index < -0.39 is 0 Å². The fourth-order valence-electron chi connectivity index (χ4n) is 1.95. The van der Waals surface area contributed by atoms with Gasteiger partial charge in [0.25, 0.3) is 0 Å². The van der Waals surface area contributed by atoms with E-state index >= 15 is 0 Å². The Kier molecular flexibility index (Phi) is 4.22. The zero-order chi connectivity index (χ0) is 14.0. The predicted octanol–water partition coefficient (Wildman–Crippen LogP) is 4.02. The molecule has 0 unspecified atom stereocenters. The van der Waals surface area contributed by atoms with Crippen LogP contribution in [0.1, 0.15) is 22.4 Å². The first-order chi connectivity index (χ1) is 9.01. The van der Waals surface area contributed by atoms with Crippen molar-refractivity contribution in [3.8, 4) is 11.6 Å². The second-order valence-electron chi connectivity index (χ2n) is 4.58. The fourth-order valence-corrected chi connectivity index (χ4v) is 2.20. The first kappa shape index (κ1) is 14.0. The molecule has 0 radical (unpaired) electrons. The first-order valence-electron chi connectivity index (χ1n) is 6.12. The van der Waals surface area contributed by atoms with Crippen LogP contribution in [0.3, 0.4) is 0 Å². The number of halogens is 1. The number of aromatic nitrogens is 1. The number of aryl methyl sites for hydroxylation is 3. The number of nitrogens with two attached hydrogens (primary N) is 1. The molecule has 0 aliphatic heterocycles. The average molecular weight is 321 g/mol. The van der Waals surface area contributed by atoms with Crippen LogP contribution >= 0.6 is 15.9 Å². The third-order valence-electron chi connectivity index (χ3n) is 2.99. The molecule has 4 heteroatoms. The highest BCUT2D eigenvalue weighted by Gasteiger charge is 2.10. The van der Waals surface area contributed by atoms with Crippen LogP contribution in [-0.4, -0.2) is 4.98 Å². The molecule has 1 aromatic heterocycles. The van der Waals surface area contributed by atoms with Crippen LogP contribution in [0, 0.1) is 20.8 Å². The Bertz CT molecular complexity index is 611. The van der Waals surface area contributed by atoms with Crippen LogP contribution in [-0.2, 0) is 6.54 Å². The summed E-state index contributed by atoms with van der Waals surface area (Å²) in [6.07, 6.45) is 0. The van der Waals surface area contributed by atoms with Crippen molar-refractivity contribution in [3.05, 3.63) is 51.1 Å². The molecular formula is C15H17BrN2O. The summed E-state index contributed by atoms with van der Waals surface area (Å²) in [4.78, 5) is 4.44. The molecule has 1 aromatic carbocycles. The molecule has 0 atom stereocenters. The summed E-state index contributed by atoms with van der Waals surface area (Å²) in [6, 6.07) is 7.87. The molecular weight excluding hydrogens is 304 g/mol. The number of hydrogen-bond donors (Lipinski definition) is 1. The van der Waals surface area contributed by atoms with E-state index in [-0.39, 0.29) is 0 Å². The molecule has 1 heterocycles. The van der Waals surface area contributed by atoms with Gasteiger partial charge in [-0.1, -0.05) is 15.9 Å². The van der Waals surface area contributed by atoms with E-state index in [2.05, 4.69) is 20.9 Å². The van der Waals surface area contributed by atoms with Gasteiger partial charge < -0.3 is 10.5 Å². The summed E-state index contributed by atoms with van der Waals surface area (Å²) in [5.74, 6) is 1.37. The lowest BCUT2D eigenvalue weighted by Gasteiger charge is -2.13. The molecule has 0 saturated carbocycles. The third-order valence-corrected chi connectivity index (χ3v) is 3.88. The minimum absolute atomic E-state index is 0.421. The fraction of sp³-hybridized carbons (Fsp3) is 0.267. The van der Waals surface area contributed by atoms with Gasteiger partial charge in [0.1, 0.15) is 5.75 Å². The normalized spacial score (nSPS) is 10.6. The van der Waals surface area contributed by atoms with Crippen molar-refractivity contribution >= 4 is 15.9 Å². The Morgan fingerprint density at radius 1 is 1.16 bits per heavy atom. The van der Waals surface area contributed by atoms with Crippen LogP contribution in [0.2, 0.25) is 0 Å². The van der Waals surface area contributed by atoms with E-state index in [0.717, 1.165) is 32.6 Å². The van der Waals surface area contributed by atoms with Gasteiger partial charge in [0, 0.05) is 22.3 Å². The van der Waals surface area contributed by atoms with Gasteiger partial charge in [0.15, 0.2) is 0 Å². The van der Waals surface area contributed by atoms with Crippen molar-refractivity contribution in [1.29, 1.82) is 0 Å². The molecule has 2 N–H and O–H groups in total. The van der Waals surface area contributed by atoms with Crippen molar-refractivity contribution in [2.45, 2.75) is 27.3 Å². The highest BCUT2D eigenvalue weighted by molar-refractivity contribution is 9.10. The molecule has 2 rings (SSSR count). The largest absolute Gasteiger partial charge is 0.439 e. The molecule has 0 fully saturated rings. The van der Waals surface area contributed by atoms with Crippen LogP contribution in [0.5, 0.6) is 11.6 Å². The van der Waals surface area contributed by atoms with Crippen molar-refractivity contribution in [3.63, 3.8) is 0 Å². The Labute approximate surface area is 121 Å². The number of benzene rings is 1. The third kappa shape index (κ3) is 3.14. The van der Waals surface area contributed by atoms with Crippen LogP contribution in [0.4, 0.5) is 0 Å². The van der Waals surface area contributed by atoms with E-state index in [4.69, 9.17) is 10.5 Å². The standard InChI is InChI=1S/C15H17BrN2O/c1-9-6-11(3)18-15(13(9)8-17)19-12-4-5-14(16)10(2)7-12/h4-7H,8,17H2,1-3H3. The quantitative estimate of drug-likeness (QED) is 0.929. The Hall–Kier alpha value is -1.39. The zero-order valence-corrected chi connectivity index (χ0v) is 12.9. The van der Waals surface area contributed by atoms with E-state index in [1.165, 1.54) is 0 Å². The monoisotopic (exact) mass is 320 g/mol. The van der Waals surface area contributed by atoms with Crippen molar-refractivity contribution in [1.82, 2.24) is 4.98 Å². The molecule has 100 valence electrons. The Morgan fingerprint density at radius 2 is 1.89 bits per heavy atom. The number of nitrogens with zero attached hydrogens (tertiary/aromatic N) is 1. The van der Waals surface area contributed by atoms with E-state index in [1.54, 1.807) is 0 Å². The first-order valence-corrected chi connectivity index (χ1v) is 6.91. The maximum atomic E-state index is 5.89.